The molecule has 0 radical (unpaired) electrons. The predicted molar refractivity (Wildman–Crippen MR) is 160 cm³/mol. The quantitative estimate of drug-likeness (QED) is 0.156. The van der Waals surface area contributed by atoms with E-state index in [2.05, 4.69) is 84.9 Å². The van der Waals surface area contributed by atoms with Gasteiger partial charge in [0.25, 0.3) is 0 Å². The molecule has 1 heterocycles. The third kappa shape index (κ3) is 3.54. The molecule has 5 aromatic carbocycles. The van der Waals surface area contributed by atoms with Crippen LogP contribution in [0, 0.1) is 0 Å². The van der Waals surface area contributed by atoms with Gasteiger partial charge in [0, 0.05) is 39.0 Å². The van der Waals surface area contributed by atoms with E-state index in [-0.39, 0.29) is 24.8 Å². The highest BCUT2D eigenvalue weighted by molar-refractivity contribution is 7.99. The Morgan fingerprint density at radius 3 is 1.90 bits per heavy atom. The highest BCUT2D eigenvalue weighted by atomic mass is 32.2. The number of benzene rings is 5. The number of ether oxygens (including phenoxy) is 2. The molecule has 1 aliphatic heterocycles. The summed E-state index contributed by atoms with van der Waals surface area (Å²) in [6, 6.07) is 30.3. The maximum atomic E-state index is 12.5. The molecule has 0 unspecified atom stereocenters. The van der Waals surface area contributed by atoms with Crippen LogP contribution in [-0.2, 0) is 24.5 Å². The number of rotatable bonds is 6. The van der Waals surface area contributed by atoms with Gasteiger partial charge in [-0.05, 0) is 69.0 Å². The third-order valence-corrected chi connectivity index (χ3v) is 9.84. The third-order valence-electron chi connectivity index (χ3n) is 8.70. The summed E-state index contributed by atoms with van der Waals surface area (Å²) in [6.45, 7) is 0. The van der Waals surface area contributed by atoms with Crippen molar-refractivity contribution < 1.29 is 19.1 Å². The average Bonchev–Trinajstić information content (AvgIpc) is 3.01. The van der Waals surface area contributed by atoms with Gasteiger partial charge in [0.15, 0.2) is 0 Å². The van der Waals surface area contributed by atoms with Crippen molar-refractivity contribution in [3.8, 4) is 22.3 Å². The maximum absolute atomic E-state index is 12.5. The monoisotopic (exact) mass is 544 g/mol. The smallest absolute Gasteiger partial charge is 0.305 e. The maximum Gasteiger partial charge on any atom is 0.305 e. The predicted octanol–water partition coefficient (Wildman–Crippen LogP) is 8.30. The van der Waals surface area contributed by atoms with Gasteiger partial charge >= 0.3 is 11.9 Å². The molecule has 4 nitrogen and oxygen atoms in total. The highest BCUT2D eigenvalue weighted by Crippen LogP contribution is 2.60. The van der Waals surface area contributed by atoms with Gasteiger partial charge in [0.2, 0.25) is 0 Å². The minimum absolute atomic E-state index is 0.252. The van der Waals surface area contributed by atoms with E-state index >= 15 is 0 Å². The summed E-state index contributed by atoms with van der Waals surface area (Å²) in [4.78, 5) is 27.6. The molecule has 7 rings (SSSR count). The second-order valence-electron chi connectivity index (χ2n) is 10.5. The van der Waals surface area contributed by atoms with Gasteiger partial charge in [-0.1, -0.05) is 84.6 Å². The van der Waals surface area contributed by atoms with E-state index in [4.69, 9.17) is 9.47 Å². The molecule has 0 bridgehead atoms. The van der Waals surface area contributed by atoms with E-state index in [9.17, 15) is 9.59 Å². The Balaban J connectivity index is 1.64. The van der Waals surface area contributed by atoms with Crippen LogP contribution in [0.25, 0.3) is 43.8 Å². The zero-order valence-electron chi connectivity index (χ0n) is 22.5. The molecule has 0 saturated carbocycles. The molecule has 0 saturated heterocycles. The Kier molecular flexibility index (Phi) is 5.93. The first-order valence-corrected chi connectivity index (χ1v) is 14.4. The number of hydrogen-bond acceptors (Lipinski definition) is 5. The Morgan fingerprint density at radius 1 is 0.625 bits per heavy atom. The lowest BCUT2D eigenvalue weighted by Gasteiger charge is -2.42. The van der Waals surface area contributed by atoms with Crippen LogP contribution in [0.1, 0.15) is 36.8 Å². The van der Waals surface area contributed by atoms with E-state index in [0.29, 0.717) is 12.8 Å². The van der Waals surface area contributed by atoms with Gasteiger partial charge in [-0.25, -0.2) is 0 Å². The second kappa shape index (κ2) is 9.53. The molecule has 0 spiro atoms. The molecule has 0 atom stereocenters. The normalized spacial score (nSPS) is 13.9. The van der Waals surface area contributed by atoms with Gasteiger partial charge in [-0.2, -0.15) is 0 Å². The molecule has 5 aromatic rings. The summed E-state index contributed by atoms with van der Waals surface area (Å²) in [5.41, 5.74) is 6.65. The molecule has 1 aliphatic carbocycles. The lowest BCUT2D eigenvalue weighted by Crippen LogP contribution is -2.33. The zero-order chi connectivity index (χ0) is 27.4. The molecule has 5 heteroatoms. The summed E-state index contributed by atoms with van der Waals surface area (Å²) in [7, 11) is 2.86. The minimum atomic E-state index is -0.563. The van der Waals surface area contributed by atoms with Gasteiger partial charge in [-0.15, -0.1) is 0 Å². The fraction of sp³-hybridized carbons (Fsp3) is 0.200. The van der Waals surface area contributed by atoms with Gasteiger partial charge < -0.3 is 9.47 Å². The van der Waals surface area contributed by atoms with E-state index in [1.807, 2.05) is 11.8 Å². The van der Waals surface area contributed by atoms with Gasteiger partial charge in [0.05, 0.1) is 14.2 Å². The molecule has 0 N–H and O–H groups in total. The van der Waals surface area contributed by atoms with Crippen molar-refractivity contribution in [1.82, 2.24) is 0 Å². The SMILES string of the molecule is COC(=O)CCC1(CCC(=O)OC)c2ccccc2-c2c3c4c(cccc4c4cccc1c24)Sc1ccccc1-3. The molecular weight excluding hydrogens is 516 g/mol. The topological polar surface area (TPSA) is 52.6 Å². The first kappa shape index (κ1) is 24.9. The molecule has 198 valence electrons. The minimum Gasteiger partial charge on any atom is -0.469 e. The van der Waals surface area contributed by atoms with Crippen molar-refractivity contribution in [1.29, 1.82) is 0 Å². The lowest BCUT2D eigenvalue weighted by molar-refractivity contribution is -0.141. The molecule has 2 aliphatic rings. The van der Waals surface area contributed by atoms with E-state index < -0.39 is 5.41 Å². The molecule has 0 fully saturated rings. The van der Waals surface area contributed by atoms with Crippen LogP contribution in [0.15, 0.2) is 94.7 Å². The largest absolute Gasteiger partial charge is 0.469 e. The number of methoxy groups -OCH3 is 2. The highest BCUT2D eigenvalue weighted by Gasteiger charge is 2.43. The van der Waals surface area contributed by atoms with Crippen molar-refractivity contribution in [2.24, 2.45) is 0 Å². The molecular formula is C35H28O4S. The van der Waals surface area contributed by atoms with Crippen LogP contribution in [0.4, 0.5) is 0 Å². The number of fused-ring (bicyclic) bond motifs is 6. The Hall–Kier alpha value is -4.09. The fourth-order valence-corrected chi connectivity index (χ4v) is 8.10. The summed E-state index contributed by atoms with van der Waals surface area (Å²) in [6.07, 6.45) is 1.57. The fourth-order valence-electron chi connectivity index (χ4n) is 6.97. The number of carbonyl (C=O) groups excluding carboxylic acids is 2. The van der Waals surface area contributed by atoms with Crippen LogP contribution in [0.3, 0.4) is 0 Å². The summed E-state index contributed by atoms with van der Waals surface area (Å²) < 4.78 is 10.2. The van der Waals surface area contributed by atoms with E-state index in [1.54, 1.807) is 0 Å². The Bertz CT molecular complexity index is 1830. The van der Waals surface area contributed by atoms with Crippen LogP contribution in [0.2, 0.25) is 0 Å². The van der Waals surface area contributed by atoms with Crippen LogP contribution >= 0.6 is 11.8 Å². The van der Waals surface area contributed by atoms with Crippen molar-refractivity contribution in [2.75, 3.05) is 14.2 Å². The van der Waals surface area contributed by atoms with Crippen molar-refractivity contribution >= 4 is 45.2 Å². The van der Waals surface area contributed by atoms with Crippen molar-refractivity contribution in [2.45, 2.75) is 40.9 Å². The van der Waals surface area contributed by atoms with Crippen LogP contribution in [-0.4, -0.2) is 26.2 Å². The Morgan fingerprint density at radius 2 is 1.18 bits per heavy atom. The van der Waals surface area contributed by atoms with Crippen molar-refractivity contribution in [3.05, 3.63) is 96.1 Å². The molecule has 0 amide bonds. The van der Waals surface area contributed by atoms with Crippen molar-refractivity contribution in [3.63, 3.8) is 0 Å². The first-order valence-electron chi connectivity index (χ1n) is 13.6. The zero-order valence-corrected chi connectivity index (χ0v) is 23.3. The average molecular weight is 545 g/mol. The summed E-state index contributed by atoms with van der Waals surface area (Å²) >= 11 is 1.83. The van der Waals surface area contributed by atoms with Crippen LogP contribution in [0.5, 0.6) is 0 Å². The molecule has 40 heavy (non-hydrogen) atoms. The number of carbonyl (C=O) groups is 2. The van der Waals surface area contributed by atoms with Gasteiger partial charge in [-0.3, -0.25) is 9.59 Å². The number of hydrogen-bond donors (Lipinski definition) is 0. The van der Waals surface area contributed by atoms with Crippen LogP contribution < -0.4 is 0 Å². The summed E-state index contributed by atoms with van der Waals surface area (Å²) in [5.74, 6) is -0.505. The van der Waals surface area contributed by atoms with E-state index in [0.717, 1.165) is 16.7 Å². The standard InChI is InChI=1S/C35H28O4S/c1-38-29(36)17-19-35(20-18-30(37)39-2)25-13-5-3-9-23(25)33-31-21(11-7-14-26(31)35)22-12-8-16-28-32(22)34(33)24-10-4-6-15-27(24)40-28/h3-16H,17-20H2,1-2H3. The summed E-state index contributed by atoms with van der Waals surface area (Å²) in [5, 5.41) is 4.92. The van der Waals surface area contributed by atoms with Gasteiger partial charge in [0.1, 0.15) is 0 Å². The van der Waals surface area contributed by atoms with E-state index in [1.165, 1.54) is 62.2 Å². The Labute approximate surface area is 237 Å². The lowest BCUT2D eigenvalue weighted by atomic mass is 9.61. The molecule has 0 aromatic heterocycles. The second-order valence-corrected chi connectivity index (χ2v) is 11.6. The number of esters is 2. The first-order chi connectivity index (χ1) is 19.6.